The highest BCUT2D eigenvalue weighted by Gasteiger charge is 2.13. The normalized spacial score (nSPS) is 12.2. The molecule has 0 bridgehead atoms. The first-order valence-corrected chi connectivity index (χ1v) is 6.92. The van der Waals surface area contributed by atoms with Gasteiger partial charge >= 0.3 is 0 Å². The summed E-state index contributed by atoms with van der Waals surface area (Å²) in [5, 5.41) is 13.0. The van der Waals surface area contributed by atoms with Gasteiger partial charge in [-0.05, 0) is 35.4 Å². The first kappa shape index (κ1) is 13.5. The van der Waals surface area contributed by atoms with Gasteiger partial charge in [-0.3, -0.25) is 5.32 Å². The summed E-state index contributed by atoms with van der Waals surface area (Å²) >= 11 is 0. The molecule has 0 aliphatic rings. The smallest absolute Gasteiger partial charge is 0.117 e. The number of aromatic hydroxyl groups is 1. The molecule has 0 spiro atoms. The summed E-state index contributed by atoms with van der Waals surface area (Å²) in [7, 11) is 0. The van der Waals surface area contributed by atoms with E-state index in [2.05, 4.69) is 17.4 Å². The van der Waals surface area contributed by atoms with Crippen molar-refractivity contribution in [3.63, 3.8) is 0 Å². The van der Waals surface area contributed by atoms with Gasteiger partial charge in [-0.15, -0.1) is 0 Å². The minimum atomic E-state index is 0.0527. The lowest BCUT2D eigenvalue weighted by atomic mass is 9.98. The van der Waals surface area contributed by atoms with Crippen LogP contribution in [0.25, 0.3) is 0 Å². The molecule has 3 nitrogen and oxygen atoms in total. The highest BCUT2D eigenvalue weighted by Crippen LogP contribution is 2.24. The molecule has 3 aromatic rings. The van der Waals surface area contributed by atoms with Gasteiger partial charge in [0, 0.05) is 0 Å². The Hall–Kier alpha value is -2.52. The molecule has 1 unspecified atom stereocenters. The Bertz CT molecular complexity index is 660. The molecule has 0 amide bonds. The molecule has 0 radical (unpaired) electrons. The summed E-state index contributed by atoms with van der Waals surface area (Å²) in [6.45, 7) is 0.646. The molecule has 21 heavy (non-hydrogen) atoms. The van der Waals surface area contributed by atoms with Crippen LogP contribution in [0.4, 0.5) is 0 Å². The fourth-order valence-corrected chi connectivity index (χ4v) is 2.36. The molecule has 2 aromatic carbocycles. The maximum absolute atomic E-state index is 9.45. The molecule has 1 heterocycles. The predicted octanol–water partition coefficient (Wildman–Crippen LogP) is 3.86. The fraction of sp³-hybridized carbons (Fsp3) is 0.111. The van der Waals surface area contributed by atoms with Crippen molar-refractivity contribution in [2.24, 2.45) is 0 Å². The summed E-state index contributed by atoms with van der Waals surface area (Å²) in [5.74, 6) is 1.17. The number of hydrogen-bond donors (Lipinski definition) is 2. The first-order chi connectivity index (χ1) is 10.3. The summed E-state index contributed by atoms with van der Waals surface area (Å²) in [6.07, 6.45) is 1.68. The second-order valence-electron chi connectivity index (χ2n) is 4.90. The zero-order valence-electron chi connectivity index (χ0n) is 11.6. The molecule has 1 aromatic heterocycles. The van der Waals surface area contributed by atoms with Gasteiger partial charge < -0.3 is 9.52 Å². The van der Waals surface area contributed by atoms with Crippen molar-refractivity contribution in [1.82, 2.24) is 5.32 Å². The van der Waals surface area contributed by atoms with Crippen LogP contribution in [-0.4, -0.2) is 5.11 Å². The molecular formula is C18H17NO2. The third-order valence-electron chi connectivity index (χ3n) is 3.42. The molecule has 0 aliphatic heterocycles. The third-order valence-corrected chi connectivity index (χ3v) is 3.42. The molecule has 2 N–H and O–H groups in total. The zero-order valence-corrected chi connectivity index (χ0v) is 11.6. The molecule has 106 valence electrons. The zero-order chi connectivity index (χ0) is 14.5. The molecule has 0 saturated carbocycles. The summed E-state index contributed by atoms with van der Waals surface area (Å²) in [4.78, 5) is 0. The Balaban J connectivity index is 1.85. The highest BCUT2D eigenvalue weighted by atomic mass is 16.3. The lowest BCUT2D eigenvalue weighted by Gasteiger charge is -2.19. The quantitative estimate of drug-likeness (QED) is 0.745. The Morgan fingerprint density at radius 3 is 2.24 bits per heavy atom. The van der Waals surface area contributed by atoms with Gasteiger partial charge in [0.25, 0.3) is 0 Å². The van der Waals surface area contributed by atoms with Crippen LogP contribution in [0, 0.1) is 0 Å². The van der Waals surface area contributed by atoms with Crippen LogP contribution in [0.15, 0.2) is 77.4 Å². The largest absolute Gasteiger partial charge is 0.508 e. The topological polar surface area (TPSA) is 45.4 Å². The number of hydrogen-bond acceptors (Lipinski definition) is 3. The van der Waals surface area contributed by atoms with E-state index in [1.807, 2.05) is 42.5 Å². The fourth-order valence-electron chi connectivity index (χ4n) is 2.36. The van der Waals surface area contributed by atoms with Crippen LogP contribution < -0.4 is 5.32 Å². The molecule has 3 rings (SSSR count). The summed E-state index contributed by atoms with van der Waals surface area (Å²) in [5.41, 5.74) is 2.28. The van der Waals surface area contributed by atoms with Gasteiger partial charge in [0.15, 0.2) is 0 Å². The lowest BCUT2D eigenvalue weighted by molar-refractivity contribution is 0.465. The van der Waals surface area contributed by atoms with E-state index in [9.17, 15) is 5.11 Å². The second-order valence-corrected chi connectivity index (χ2v) is 4.90. The molecule has 0 fully saturated rings. The van der Waals surface area contributed by atoms with E-state index in [4.69, 9.17) is 4.42 Å². The number of phenolic OH excluding ortho intramolecular Hbond substituents is 1. The van der Waals surface area contributed by atoms with Crippen molar-refractivity contribution >= 4 is 0 Å². The minimum Gasteiger partial charge on any atom is -0.508 e. The maximum atomic E-state index is 9.45. The van der Waals surface area contributed by atoms with Gasteiger partial charge in [-0.1, -0.05) is 42.5 Å². The van der Waals surface area contributed by atoms with Crippen LogP contribution in [0.1, 0.15) is 22.9 Å². The summed E-state index contributed by atoms with van der Waals surface area (Å²) in [6, 6.07) is 21.4. The van der Waals surface area contributed by atoms with Crippen molar-refractivity contribution in [3.05, 3.63) is 89.9 Å². The maximum Gasteiger partial charge on any atom is 0.117 e. The molecule has 0 saturated heterocycles. The molecular weight excluding hydrogens is 262 g/mol. The van der Waals surface area contributed by atoms with E-state index >= 15 is 0 Å². The lowest BCUT2D eigenvalue weighted by Crippen LogP contribution is -2.21. The third kappa shape index (κ3) is 3.33. The van der Waals surface area contributed by atoms with Gasteiger partial charge in [0.1, 0.15) is 11.5 Å². The number of rotatable bonds is 5. The van der Waals surface area contributed by atoms with Gasteiger partial charge in [0.05, 0.1) is 18.8 Å². The summed E-state index contributed by atoms with van der Waals surface area (Å²) < 4.78 is 5.37. The number of furan rings is 1. The van der Waals surface area contributed by atoms with E-state index in [1.54, 1.807) is 18.4 Å². The van der Waals surface area contributed by atoms with Crippen LogP contribution >= 0.6 is 0 Å². The SMILES string of the molecule is Oc1ccc(C(NCc2ccco2)c2ccccc2)cc1. The monoisotopic (exact) mass is 279 g/mol. The number of benzene rings is 2. The van der Waals surface area contributed by atoms with E-state index in [0.717, 1.165) is 11.3 Å². The number of phenols is 1. The minimum absolute atomic E-state index is 0.0527. The van der Waals surface area contributed by atoms with E-state index in [0.29, 0.717) is 6.54 Å². The first-order valence-electron chi connectivity index (χ1n) is 6.92. The van der Waals surface area contributed by atoms with E-state index < -0.39 is 0 Å². The Morgan fingerprint density at radius 2 is 1.57 bits per heavy atom. The Morgan fingerprint density at radius 1 is 0.857 bits per heavy atom. The van der Waals surface area contributed by atoms with Crippen molar-refractivity contribution in [2.75, 3.05) is 0 Å². The predicted molar refractivity (Wildman–Crippen MR) is 81.9 cm³/mol. The van der Waals surface area contributed by atoms with E-state index in [-0.39, 0.29) is 11.8 Å². The number of nitrogens with one attached hydrogen (secondary N) is 1. The molecule has 3 heteroatoms. The van der Waals surface area contributed by atoms with Crippen LogP contribution in [0.2, 0.25) is 0 Å². The molecule has 0 aliphatic carbocycles. The second kappa shape index (κ2) is 6.29. The molecule has 1 atom stereocenters. The van der Waals surface area contributed by atoms with Crippen LogP contribution in [-0.2, 0) is 6.54 Å². The van der Waals surface area contributed by atoms with Crippen LogP contribution in [0.5, 0.6) is 5.75 Å². The standard InChI is InChI=1S/C18H17NO2/c20-16-10-8-15(9-11-16)18(14-5-2-1-3-6-14)19-13-17-7-4-12-21-17/h1-12,18-20H,13H2. The highest BCUT2D eigenvalue weighted by molar-refractivity contribution is 5.35. The van der Waals surface area contributed by atoms with E-state index in [1.165, 1.54) is 5.56 Å². The Labute approximate surface area is 123 Å². The average Bonchev–Trinajstić information content (AvgIpc) is 3.04. The van der Waals surface area contributed by atoms with Crippen molar-refractivity contribution in [2.45, 2.75) is 12.6 Å². The van der Waals surface area contributed by atoms with Crippen molar-refractivity contribution in [1.29, 1.82) is 0 Å². The van der Waals surface area contributed by atoms with Gasteiger partial charge in [-0.25, -0.2) is 0 Å². The Kier molecular flexibility index (Phi) is 4.03. The average molecular weight is 279 g/mol. The van der Waals surface area contributed by atoms with Crippen LogP contribution in [0.3, 0.4) is 0 Å². The van der Waals surface area contributed by atoms with Gasteiger partial charge in [0.2, 0.25) is 0 Å². The van der Waals surface area contributed by atoms with Crippen molar-refractivity contribution < 1.29 is 9.52 Å². The van der Waals surface area contributed by atoms with Crippen molar-refractivity contribution in [3.8, 4) is 5.75 Å². The van der Waals surface area contributed by atoms with Gasteiger partial charge in [-0.2, -0.15) is 0 Å².